The number of aromatic nitrogens is 1. The summed E-state index contributed by atoms with van der Waals surface area (Å²) < 4.78 is 0. The van der Waals surface area contributed by atoms with Gasteiger partial charge in [-0.15, -0.1) is 11.3 Å². The molecule has 3 nitrogen and oxygen atoms in total. The van der Waals surface area contributed by atoms with Gasteiger partial charge in [0.1, 0.15) is 10.6 Å². The Hall–Kier alpha value is -1.26. The van der Waals surface area contributed by atoms with Gasteiger partial charge in [-0.25, -0.2) is 4.98 Å². The van der Waals surface area contributed by atoms with Gasteiger partial charge in [0.25, 0.3) is 0 Å². The average molecular weight is 246 g/mol. The smallest absolute Gasteiger partial charge is 0.136 e. The van der Waals surface area contributed by atoms with Gasteiger partial charge in [0, 0.05) is 36.5 Å². The van der Waals surface area contributed by atoms with Crippen molar-refractivity contribution in [2.45, 2.75) is 25.8 Å². The fourth-order valence-electron chi connectivity index (χ4n) is 2.30. The topological polar surface area (TPSA) is 42.0 Å². The van der Waals surface area contributed by atoms with E-state index < -0.39 is 0 Å². The van der Waals surface area contributed by atoms with Crippen LogP contribution in [0.2, 0.25) is 0 Å². The molecule has 1 saturated heterocycles. The number of Topliss-reactive ketones (excluding diaryl/α,β-unsaturated/α-hetero) is 1. The highest BCUT2D eigenvalue weighted by Crippen LogP contribution is 2.32. The second-order valence-electron chi connectivity index (χ2n) is 4.50. The number of hydrogen-bond acceptors (Lipinski definition) is 4. The predicted molar refractivity (Wildman–Crippen MR) is 69.3 cm³/mol. The van der Waals surface area contributed by atoms with E-state index in [1.54, 1.807) is 11.3 Å². The predicted octanol–water partition coefficient (Wildman–Crippen LogP) is 2.60. The lowest BCUT2D eigenvalue weighted by molar-refractivity contribution is -0.120. The Morgan fingerprint density at radius 2 is 2.35 bits per heavy atom. The summed E-state index contributed by atoms with van der Waals surface area (Å²) in [6, 6.07) is 4.32. The summed E-state index contributed by atoms with van der Waals surface area (Å²) in [5.41, 5.74) is 2.27. The van der Waals surface area contributed by atoms with Gasteiger partial charge >= 0.3 is 0 Å². The van der Waals surface area contributed by atoms with E-state index in [-0.39, 0.29) is 6.04 Å². The van der Waals surface area contributed by atoms with Crippen LogP contribution in [0, 0.1) is 6.92 Å². The van der Waals surface area contributed by atoms with Gasteiger partial charge in [0.2, 0.25) is 0 Å². The fraction of sp³-hybridized carbons (Fsp3) is 0.385. The van der Waals surface area contributed by atoms with E-state index in [0.717, 1.165) is 17.1 Å². The number of thiophene rings is 1. The number of piperidine rings is 1. The van der Waals surface area contributed by atoms with Crippen LogP contribution in [-0.4, -0.2) is 17.3 Å². The van der Waals surface area contributed by atoms with E-state index >= 15 is 0 Å². The Bertz CT molecular complexity index is 576. The van der Waals surface area contributed by atoms with Crippen LogP contribution in [0.5, 0.6) is 0 Å². The Labute approximate surface area is 104 Å². The first kappa shape index (κ1) is 10.9. The number of carbonyl (C=O) groups excluding carboxylic acids is 1. The van der Waals surface area contributed by atoms with Crippen molar-refractivity contribution in [2.24, 2.45) is 0 Å². The monoisotopic (exact) mass is 246 g/mol. The molecule has 0 saturated carbocycles. The first-order chi connectivity index (χ1) is 8.24. The summed E-state index contributed by atoms with van der Waals surface area (Å²) in [7, 11) is 0. The summed E-state index contributed by atoms with van der Waals surface area (Å²) in [5, 5.41) is 6.74. The molecule has 4 heteroatoms. The molecule has 2 aromatic rings. The number of carbonyl (C=O) groups is 1. The molecule has 0 aliphatic carbocycles. The Balaban J connectivity index is 2.02. The summed E-state index contributed by atoms with van der Waals surface area (Å²) in [4.78, 5) is 17.1. The van der Waals surface area contributed by atoms with Crippen LogP contribution in [0.4, 0.5) is 0 Å². The molecule has 1 fully saturated rings. The third-order valence-electron chi connectivity index (χ3n) is 3.21. The van der Waals surface area contributed by atoms with Gasteiger partial charge in [-0.1, -0.05) is 0 Å². The number of nitrogens with one attached hydrogen (secondary N) is 1. The van der Waals surface area contributed by atoms with Crippen molar-refractivity contribution in [2.75, 3.05) is 6.54 Å². The molecule has 2 aromatic heterocycles. The van der Waals surface area contributed by atoms with Gasteiger partial charge in [-0.3, -0.25) is 4.79 Å². The zero-order valence-corrected chi connectivity index (χ0v) is 10.5. The zero-order valence-electron chi connectivity index (χ0n) is 9.69. The van der Waals surface area contributed by atoms with Crippen molar-refractivity contribution >= 4 is 27.3 Å². The fourth-order valence-corrected chi connectivity index (χ4v) is 3.34. The molecule has 1 aliphatic heterocycles. The van der Waals surface area contributed by atoms with Crippen LogP contribution in [0.15, 0.2) is 17.5 Å². The minimum Gasteiger partial charge on any atom is -0.309 e. The van der Waals surface area contributed by atoms with Crippen LogP contribution in [0.1, 0.15) is 30.1 Å². The molecule has 1 N–H and O–H groups in total. The number of pyridine rings is 1. The average Bonchev–Trinajstić information content (AvgIpc) is 2.71. The molecular weight excluding hydrogens is 232 g/mol. The molecule has 88 valence electrons. The molecule has 3 heterocycles. The minimum absolute atomic E-state index is 0.175. The van der Waals surface area contributed by atoms with Crippen molar-refractivity contribution in [3.8, 4) is 0 Å². The second kappa shape index (κ2) is 4.20. The quantitative estimate of drug-likeness (QED) is 0.841. The van der Waals surface area contributed by atoms with Gasteiger partial charge < -0.3 is 5.32 Å². The van der Waals surface area contributed by atoms with Crippen LogP contribution in [-0.2, 0) is 4.79 Å². The minimum atomic E-state index is 0.175. The van der Waals surface area contributed by atoms with E-state index in [4.69, 9.17) is 0 Å². The Morgan fingerprint density at radius 1 is 1.47 bits per heavy atom. The van der Waals surface area contributed by atoms with E-state index in [1.807, 2.05) is 13.0 Å². The second-order valence-corrected chi connectivity index (χ2v) is 5.35. The first-order valence-corrected chi connectivity index (χ1v) is 6.72. The van der Waals surface area contributed by atoms with Gasteiger partial charge in [0.15, 0.2) is 0 Å². The van der Waals surface area contributed by atoms with Crippen molar-refractivity contribution in [1.82, 2.24) is 10.3 Å². The number of hydrogen-bond donors (Lipinski definition) is 1. The molecule has 1 aliphatic rings. The van der Waals surface area contributed by atoms with E-state index in [9.17, 15) is 4.79 Å². The summed E-state index contributed by atoms with van der Waals surface area (Å²) in [6.07, 6.45) is 1.27. The summed E-state index contributed by atoms with van der Waals surface area (Å²) in [6.45, 7) is 2.79. The first-order valence-electron chi connectivity index (χ1n) is 5.84. The van der Waals surface area contributed by atoms with Gasteiger partial charge in [-0.2, -0.15) is 0 Å². The number of rotatable bonds is 1. The molecule has 1 atom stereocenters. The molecule has 1 unspecified atom stereocenters. The zero-order chi connectivity index (χ0) is 11.8. The van der Waals surface area contributed by atoms with Crippen LogP contribution in [0.25, 0.3) is 10.2 Å². The summed E-state index contributed by atoms with van der Waals surface area (Å²) >= 11 is 1.66. The molecule has 0 spiro atoms. The normalized spacial score (nSPS) is 21.0. The highest BCUT2D eigenvalue weighted by atomic mass is 32.1. The van der Waals surface area contributed by atoms with Crippen molar-refractivity contribution in [3.05, 3.63) is 28.8 Å². The maximum absolute atomic E-state index is 11.5. The van der Waals surface area contributed by atoms with E-state index in [0.29, 0.717) is 18.6 Å². The van der Waals surface area contributed by atoms with Crippen LogP contribution >= 0.6 is 11.3 Å². The largest absolute Gasteiger partial charge is 0.309 e. The molecule has 0 aromatic carbocycles. The molecule has 17 heavy (non-hydrogen) atoms. The van der Waals surface area contributed by atoms with Crippen molar-refractivity contribution in [1.29, 1.82) is 0 Å². The molecule has 0 bridgehead atoms. The number of fused-ring (bicyclic) bond motifs is 1. The lowest BCUT2D eigenvalue weighted by Gasteiger charge is -2.22. The van der Waals surface area contributed by atoms with Crippen molar-refractivity contribution < 1.29 is 4.79 Å². The van der Waals surface area contributed by atoms with Crippen molar-refractivity contribution in [3.63, 3.8) is 0 Å². The SMILES string of the molecule is Cc1ccc2c(C3CC(=O)CCN3)csc2n1. The molecule has 0 amide bonds. The summed E-state index contributed by atoms with van der Waals surface area (Å²) in [5.74, 6) is 0.355. The van der Waals surface area contributed by atoms with E-state index in [2.05, 4.69) is 21.7 Å². The Kier molecular flexibility index (Phi) is 2.68. The lowest BCUT2D eigenvalue weighted by Crippen LogP contribution is -2.31. The third kappa shape index (κ3) is 1.98. The van der Waals surface area contributed by atoms with E-state index in [1.165, 1.54) is 10.9 Å². The number of aryl methyl sites for hydroxylation is 1. The lowest BCUT2D eigenvalue weighted by atomic mass is 9.97. The Morgan fingerprint density at radius 3 is 3.18 bits per heavy atom. The van der Waals surface area contributed by atoms with Gasteiger partial charge in [0.05, 0.1) is 0 Å². The third-order valence-corrected chi connectivity index (χ3v) is 4.12. The maximum Gasteiger partial charge on any atom is 0.136 e. The molecule has 0 radical (unpaired) electrons. The number of nitrogens with zero attached hydrogens (tertiary/aromatic N) is 1. The molecule has 3 rings (SSSR count). The highest BCUT2D eigenvalue weighted by Gasteiger charge is 2.22. The van der Waals surface area contributed by atoms with Crippen LogP contribution < -0.4 is 5.32 Å². The molecular formula is C13H14N2OS. The van der Waals surface area contributed by atoms with Crippen LogP contribution in [0.3, 0.4) is 0 Å². The van der Waals surface area contributed by atoms with Gasteiger partial charge in [-0.05, 0) is 30.0 Å². The maximum atomic E-state index is 11.5. The standard InChI is InChI=1S/C13H14N2OS/c1-8-2-3-10-11(7-17-13(10)15-8)12-6-9(16)4-5-14-12/h2-3,7,12,14H,4-6H2,1H3. The number of ketones is 1. The highest BCUT2D eigenvalue weighted by molar-refractivity contribution is 7.16.